The number of hydrogen-bond donors (Lipinski definition) is 3. The summed E-state index contributed by atoms with van der Waals surface area (Å²) in [5.74, 6) is 0.699. The Bertz CT molecular complexity index is 820. The van der Waals surface area contributed by atoms with Crippen LogP contribution in [-0.2, 0) is 4.79 Å². The Morgan fingerprint density at radius 1 is 1.10 bits per heavy atom. The zero-order valence-electron chi connectivity index (χ0n) is 17.0. The van der Waals surface area contributed by atoms with E-state index in [-0.39, 0.29) is 24.2 Å². The van der Waals surface area contributed by atoms with Crippen LogP contribution in [0.25, 0.3) is 0 Å². The number of carbonyl (C=O) groups excluding carboxylic acids is 2. The van der Waals surface area contributed by atoms with Gasteiger partial charge in [-0.05, 0) is 74.5 Å². The zero-order chi connectivity index (χ0) is 19.9. The Balaban J connectivity index is 0.00000300. The number of piperidine rings is 1. The Kier molecular flexibility index (Phi) is 8.68. The molecule has 5 nitrogen and oxygen atoms in total. The number of para-hydroxylation sites is 1. The van der Waals surface area contributed by atoms with Crippen molar-refractivity contribution in [2.75, 3.05) is 23.7 Å². The summed E-state index contributed by atoms with van der Waals surface area (Å²) in [6.07, 6.45) is 2.84. The minimum atomic E-state index is -0.179. The molecule has 3 N–H and O–H groups in total. The summed E-state index contributed by atoms with van der Waals surface area (Å²) >= 11 is 0. The van der Waals surface area contributed by atoms with Crippen molar-refractivity contribution >= 4 is 35.6 Å². The SMILES string of the molecule is Cc1c(NC(=O)CC(C)C2CCCNC2)cccc1C(=O)Nc1ccccc1.Cl. The van der Waals surface area contributed by atoms with E-state index in [2.05, 4.69) is 22.9 Å². The molecule has 29 heavy (non-hydrogen) atoms. The smallest absolute Gasteiger partial charge is 0.256 e. The van der Waals surface area contributed by atoms with E-state index in [0.717, 1.165) is 24.3 Å². The molecule has 2 aromatic rings. The Morgan fingerprint density at radius 2 is 1.86 bits per heavy atom. The number of amides is 2. The predicted octanol–water partition coefficient (Wildman–Crippen LogP) is 4.63. The highest BCUT2D eigenvalue weighted by atomic mass is 35.5. The third kappa shape index (κ3) is 6.31. The number of anilines is 2. The summed E-state index contributed by atoms with van der Waals surface area (Å²) in [7, 11) is 0. The Morgan fingerprint density at radius 3 is 2.55 bits per heavy atom. The van der Waals surface area contributed by atoms with Crippen LogP contribution in [0.15, 0.2) is 48.5 Å². The summed E-state index contributed by atoms with van der Waals surface area (Å²) in [5.41, 5.74) is 2.78. The van der Waals surface area contributed by atoms with E-state index in [9.17, 15) is 9.59 Å². The molecule has 0 aliphatic carbocycles. The molecule has 0 spiro atoms. The van der Waals surface area contributed by atoms with Gasteiger partial charge in [-0.1, -0.05) is 31.2 Å². The van der Waals surface area contributed by atoms with Crippen molar-refractivity contribution in [3.05, 3.63) is 59.7 Å². The van der Waals surface area contributed by atoms with Crippen molar-refractivity contribution in [3.63, 3.8) is 0 Å². The van der Waals surface area contributed by atoms with Gasteiger partial charge in [-0.2, -0.15) is 0 Å². The van der Waals surface area contributed by atoms with Gasteiger partial charge in [0.05, 0.1) is 0 Å². The van der Waals surface area contributed by atoms with Crippen LogP contribution in [0.1, 0.15) is 42.1 Å². The summed E-state index contributed by atoms with van der Waals surface area (Å²) in [4.78, 5) is 25.2. The summed E-state index contributed by atoms with van der Waals surface area (Å²) < 4.78 is 0. The molecule has 2 atom stereocenters. The molecule has 0 radical (unpaired) electrons. The van der Waals surface area contributed by atoms with Crippen molar-refractivity contribution in [2.45, 2.75) is 33.1 Å². The minimum Gasteiger partial charge on any atom is -0.326 e. The topological polar surface area (TPSA) is 70.2 Å². The van der Waals surface area contributed by atoms with Gasteiger partial charge in [0.25, 0.3) is 5.91 Å². The molecular formula is C23H30ClN3O2. The average molecular weight is 416 g/mol. The van der Waals surface area contributed by atoms with E-state index in [1.807, 2.05) is 43.3 Å². The fourth-order valence-corrected chi connectivity index (χ4v) is 3.76. The van der Waals surface area contributed by atoms with Crippen LogP contribution in [-0.4, -0.2) is 24.9 Å². The third-order valence-corrected chi connectivity index (χ3v) is 5.53. The lowest BCUT2D eigenvalue weighted by Crippen LogP contribution is -2.34. The number of nitrogens with one attached hydrogen (secondary N) is 3. The zero-order valence-corrected chi connectivity index (χ0v) is 17.9. The first-order valence-corrected chi connectivity index (χ1v) is 10.0. The van der Waals surface area contributed by atoms with Crippen LogP contribution < -0.4 is 16.0 Å². The largest absolute Gasteiger partial charge is 0.326 e. The maximum atomic E-state index is 12.6. The van der Waals surface area contributed by atoms with Crippen molar-refractivity contribution in [3.8, 4) is 0 Å². The van der Waals surface area contributed by atoms with Crippen LogP contribution in [0.3, 0.4) is 0 Å². The predicted molar refractivity (Wildman–Crippen MR) is 121 cm³/mol. The Labute approximate surface area is 179 Å². The number of carbonyl (C=O) groups is 2. The molecule has 156 valence electrons. The maximum absolute atomic E-state index is 12.6. The molecule has 1 fully saturated rings. The normalized spacial score (nSPS) is 17.0. The second kappa shape index (κ2) is 11.0. The van der Waals surface area contributed by atoms with Crippen molar-refractivity contribution < 1.29 is 9.59 Å². The van der Waals surface area contributed by atoms with Gasteiger partial charge in [-0.15, -0.1) is 12.4 Å². The molecule has 1 saturated heterocycles. The van der Waals surface area contributed by atoms with Gasteiger partial charge in [-0.3, -0.25) is 9.59 Å². The minimum absolute atomic E-state index is 0. The lowest BCUT2D eigenvalue weighted by molar-refractivity contribution is -0.117. The molecule has 1 aliphatic rings. The van der Waals surface area contributed by atoms with Crippen LogP contribution >= 0.6 is 12.4 Å². The molecule has 6 heteroatoms. The highest BCUT2D eigenvalue weighted by Crippen LogP contribution is 2.24. The quantitative estimate of drug-likeness (QED) is 0.644. The molecule has 2 aromatic carbocycles. The van der Waals surface area contributed by atoms with Gasteiger partial charge >= 0.3 is 0 Å². The number of rotatable bonds is 6. The summed E-state index contributed by atoms with van der Waals surface area (Å²) in [6.45, 7) is 6.08. The van der Waals surface area contributed by atoms with Gasteiger partial charge in [0.15, 0.2) is 0 Å². The summed E-state index contributed by atoms with van der Waals surface area (Å²) in [6, 6.07) is 14.8. The van der Waals surface area contributed by atoms with Gasteiger partial charge in [-0.25, -0.2) is 0 Å². The first-order chi connectivity index (χ1) is 13.5. The molecule has 0 saturated carbocycles. The molecule has 1 aliphatic heterocycles. The Hall–Kier alpha value is -2.37. The van der Waals surface area contributed by atoms with E-state index in [1.54, 1.807) is 12.1 Å². The van der Waals surface area contributed by atoms with Gasteiger partial charge in [0.2, 0.25) is 5.91 Å². The van der Waals surface area contributed by atoms with E-state index < -0.39 is 0 Å². The van der Waals surface area contributed by atoms with Crippen LogP contribution in [0.2, 0.25) is 0 Å². The first-order valence-electron chi connectivity index (χ1n) is 10.0. The van der Waals surface area contributed by atoms with Gasteiger partial charge in [0.1, 0.15) is 0 Å². The standard InChI is InChI=1S/C23H29N3O2.ClH/c1-16(18-8-7-13-24-15-18)14-22(27)26-21-12-6-11-20(17(21)2)23(28)25-19-9-4-3-5-10-19;/h3-6,9-12,16,18,24H,7-8,13-15H2,1-2H3,(H,25,28)(H,26,27);1H. The van der Waals surface area contributed by atoms with Crippen LogP contribution in [0.5, 0.6) is 0 Å². The van der Waals surface area contributed by atoms with E-state index >= 15 is 0 Å². The fraction of sp³-hybridized carbons (Fsp3) is 0.391. The molecular weight excluding hydrogens is 386 g/mol. The van der Waals surface area contributed by atoms with Crippen molar-refractivity contribution in [2.24, 2.45) is 11.8 Å². The molecule has 1 heterocycles. The van der Waals surface area contributed by atoms with Gasteiger partial charge in [0, 0.05) is 23.4 Å². The fourth-order valence-electron chi connectivity index (χ4n) is 3.76. The van der Waals surface area contributed by atoms with E-state index in [1.165, 1.54) is 12.8 Å². The van der Waals surface area contributed by atoms with E-state index in [4.69, 9.17) is 0 Å². The molecule has 0 bridgehead atoms. The van der Waals surface area contributed by atoms with Crippen LogP contribution in [0, 0.1) is 18.8 Å². The highest BCUT2D eigenvalue weighted by molar-refractivity contribution is 6.06. The van der Waals surface area contributed by atoms with Crippen molar-refractivity contribution in [1.82, 2.24) is 5.32 Å². The second-order valence-corrected chi connectivity index (χ2v) is 7.63. The average Bonchev–Trinajstić information content (AvgIpc) is 2.71. The molecule has 2 amide bonds. The first kappa shape index (κ1) is 22.9. The number of benzene rings is 2. The monoisotopic (exact) mass is 415 g/mol. The lowest BCUT2D eigenvalue weighted by atomic mass is 9.85. The van der Waals surface area contributed by atoms with E-state index in [0.29, 0.717) is 29.5 Å². The molecule has 0 aromatic heterocycles. The third-order valence-electron chi connectivity index (χ3n) is 5.53. The number of halogens is 1. The maximum Gasteiger partial charge on any atom is 0.256 e. The second-order valence-electron chi connectivity index (χ2n) is 7.63. The van der Waals surface area contributed by atoms with Crippen molar-refractivity contribution in [1.29, 1.82) is 0 Å². The van der Waals surface area contributed by atoms with Gasteiger partial charge < -0.3 is 16.0 Å². The molecule has 2 unspecified atom stereocenters. The van der Waals surface area contributed by atoms with Crippen LogP contribution in [0.4, 0.5) is 11.4 Å². The number of hydrogen-bond acceptors (Lipinski definition) is 3. The lowest BCUT2D eigenvalue weighted by Gasteiger charge is -2.28. The highest BCUT2D eigenvalue weighted by Gasteiger charge is 2.22. The summed E-state index contributed by atoms with van der Waals surface area (Å²) in [5, 5.41) is 9.31. The molecule has 3 rings (SSSR count).